The summed E-state index contributed by atoms with van der Waals surface area (Å²) in [6.45, 7) is 5.77. The smallest absolute Gasteiger partial charge is 0.312 e. The van der Waals surface area contributed by atoms with Crippen LogP contribution in [-0.2, 0) is 19.1 Å². The van der Waals surface area contributed by atoms with Gasteiger partial charge in [-0.25, -0.2) is 0 Å². The summed E-state index contributed by atoms with van der Waals surface area (Å²) in [5.74, 6) is 2.24. The Morgan fingerprint density at radius 2 is 1.62 bits per heavy atom. The van der Waals surface area contributed by atoms with Crippen molar-refractivity contribution in [2.75, 3.05) is 7.11 Å². The Bertz CT molecular complexity index is 472. The van der Waals surface area contributed by atoms with Crippen LogP contribution >= 0.6 is 0 Å². The zero-order valence-electron chi connectivity index (χ0n) is 15.5. The summed E-state index contributed by atoms with van der Waals surface area (Å²) in [7, 11) is 1.40. The summed E-state index contributed by atoms with van der Waals surface area (Å²) < 4.78 is 10.9. The topological polar surface area (TPSA) is 52.6 Å². The summed E-state index contributed by atoms with van der Waals surface area (Å²) in [5.41, 5.74) is -0.609. The Morgan fingerprint density at radius 1 is 1.08 bits per heavy atom. The quantitative estimate of drug-likeness (QED) is 0.689. The van der Waals surface area contributed by atoms with E-state index in [1.165, 1.54) is 39.2 Å². The molecule has 0 aromatic carbocycles. The van der Waals surface area contributed by atoms with Gasteiger partial charge < -0.3 is 9.47 Å². The van der Waals surface area contributed by atoms with Gasteiger partial charge in [-0.3, -0.25) is 9.59 Å². The average molecular weight is 336 g/mol. The molecule has 136 valence electrons. The van der Waals surface area contributed by atoms with Crippen LogP contribution < -0.4 is 0 Å². The van der Waals surface area contributed by atoms with E-state index in [4.69, 9.17) is 9.47 Å². The lowest BCUT2D eigenvalue weighted by Crippen LogP contribution is -2.51. The Labute approximate surface area is 145 Å². The molecule has 4 aliphatic carbocycles. The van der Waals surface area contributed by atoms with Crippen molar-refractivity contribution in [3.05, 3.63) is 0 Å². The number of carbonyl (C=O) groups excluding carboxylic acids is 2. The molecule has 0 aromatic rings. The van der Waals surface area contributed by atoms with Crippen LogP contribution in [0.2, 0.25) is 0 Å². The largest absolute Gasteiger partial charge is 0.469 e. The molecule has 0 aromatic heterocycles. The SMILES string of the molecule is CCC(C)(CC(C)C(=O)OC)C(=O)OC1C2CC3CC(C2)CC1C3. The fourth-order valence-corrected chi connectivity index (χ4v) is 5.67. The van der Waals surface area contributed by atoms with E-state index in [-0.39, 0.29) is 24.0 Å². The first-order valence-electron chi connectivity index (χ1n) is 9.65. The minimum atomic E-state index is -0.609. The Kier molecular flexibility index (Phi) is 4.94. The molecule has 4 rings (SSSR count). The van der Waals surface area contributed by atoms with Crippen LogP contribution in [0.25, 0.3) is 0 Å². The summed E-state index contributed by atoms with van der Waals surface area (Å²) in [6.07, 6.45) is 7.65. The number of esters is 2. The number of ether oxygens (including phenoxy) is 2. The van der Waals surface area contributed by atoms with E-state index in [1.807, 2.05) is 20.8 Å². The maximum absolute atomic E-state index is 13.0. The highest BCUT2D eigenvalue weighted by Crippen LogP contribution is 2.55. The first-order chi connectivity index (χ1) is 11.4. The fourth-order valence-electron chi connectivity index (χ4n) is 5.67. The maximum Gasteiger partial charge on any atom is 0.312 e. The molecule has 2 atom stereocenters. The van der Waals surface area contributed by atoms with Gasteiger partial charge in [-0.05, 0) is 75.5 Å². The number of hydrogen-bond acceptors (Lipinski definition) is 4. The van der Waals surface area contributed by atoms with Crippen LogP contribution in [-0.4, -0.2) is 25.2 Å². The second-order valence-corrected chi connectivity index (χ2v) is 8.84. The monoisotopic (exact) mass is 336 g/mol. The third-order valence-electron chi connectivity index (χ3n) is 7.02. The van der Waals surface area contributed by atoms with E-state index in [1.54, 1.807) is 0 Å². The first kappa shape index (κ1) is 17.8. The van der Waals surface area contributed by atoms with Gasteiger partial charge >= 0.3 is 11.9 Å². The van der Waals surface area contributed by atoms with Crippen LogP contribution in [0.3, 0.4) is 0 Å². The van der Waals surface area contributed by atoms with Crippen molar-refractivity contribution in [2.24, 2.45) is 35.0 Å². The Balaban J connectivity index is 1.65. The zero-order valence-corrected chi connectivity index (χ0v) is 15.5. The molecule has 4 saturated carbocycles. The Hall–Kier alpha value is -1.06. The summed E-state index contributed by atoms with van der Waals surface area (Å²) in [6, 6.07) is 0. The van der Waals surface area contributed by atoms with Gasteiger partial charge in [-0.2, -0.15) is 0 Å². The normalized spacial score (nSPS) is 37.6. The summed E-state index contributed by atoms with van der Waals surface area (Å²) in [4.78, 5) is 24.7. The van der Waals surface area contributed by atoms with E-state index in [9.17, 15) is 9.59 Å². The molecule has 4 aliphatic rings. The van der Waals surface area contributed by atoms with Crippen LogP contribution in [0.5, 0.6) is 0 Å². The zero-order chi connectivity index (χ0) is 17.5. The molecule has 0 saturated heterocycles. The third kappa shape index (κ3) is 3.21. The highest BCUT2D eigenvalue weighted by atomic mass is 16.5. The number of hydrogen-bond donors (Lipinski definition) is 0. The van der Waals surface area contributed by atoms with Crippen molar-refractivity contribution in [1.82, 2.24) is 0 Å². The van der Waals surface area contributed by atoms with E-state index in [0.29, 0.717) is 24.7 Å². The first-order valence-corrected chi connectivity index (χ1v) is 9.65. The van der Waals surface area contributed by atoms with Crippen molar-refractivity contribution in [2.45, 2.75) is 71.8 Å². The second kappa shape index (κ2) is 6.68. The minimum absolute atomic E-state index is 0.113. The van der Waals surface area contributed by atoms with Crippen LogP contribution in [0.15, 0.2) is 0 Å². The minimum Gasteiger partial charge on any atom is -0.469 e. The van der Waals surface area contributed by atoms with E-state index < -0.39 is 5.41 Å². The predicted molar refractivity (Wildman–Crippen MR) is 91.1 cm³/mol. The van der Waals surface area contributed by atoms with Crippen molar-refractivity contribution in [3.63, 3.8) is 0 Å². The van der Waals surface area contributed by atoms with Crippen molar-refractivity contribution >= 4 is 11.9 Å². The van der Waals surface area contributed by atoms with Crippen LogP contribution in [0, 0.1) is 35.0 Å². The molecule has 0 aliphatic heterocycles. The molecule has 24 heavy (non-hydrogen) atoms. The van der Waals surface area contributed by atoms with Crippen LogP contribution in [0.4, 0.5) is 0 Å². The molecule has 4 heteroatoms. The molecule has 4 nitrogen and oxygen atoms in total. The van der Waals surface area contributed by atoms with Crippen molar-refractivity contribution in [3.8, 4) is 0 Å². The number of carbonyl (C=O) groups is 2. The molecule has 4 bridgehead atoms. The molecule has 0 spiro atoms. The number of rotatable bonds is 6. The fraction of sp³-hybridized carbons (Fsp3) is 0.900. The van der Waals surface area contributed by atoms with Gasteiger partial charge in [0, 0.05) is 0 Å². The summed E-state index contributed by atoms with van der Waals surface area (Å²) >= 11 is 0. The van der Waals surface area contributed by atoms with Gasteiger partial charge in [0.1, 0.15) is 6.10 Å². The molecular formula is C20H32O4. The van der Waals surface area contributed by atoms with Gasteiger partial charge in [0.2, 0.25) is 0 Å². The molecule has 0 radical (unpaired) electrons. The van der Waals surface area contributed by atoms with Gasteiger partial charge in [0.25, 0.3) is 0 Å². The molecule has 0 heterocycles. The van der Waals surface area contributed by atoms with Crippen LogP contribution in [0.1, 0.15) is 65.7 Å². The standard InChI is InChI=1S/C20H32O4/c1-5-20(3,11-12(2)18(21)23-4)19(22)24-17-15-7-13-6-14(9-15)10-16(17)8-13/h12-17H,5-11H2,1-4H3. The highest BCUT2D eigenvalue weighted by molar-refractivity contribution is 5.78. The molecule has 0 N–H and O–H groups in total. The maximum atomic E-state index is 13.0. The predicted octanol–water partition coefficient (Wildman–Crippen LogP) is 3.97. The second-order valence-electron chi connectivity index (χ2n) is 8.84. The van der Waals surface area contributed by atoms with E-state index in [0.717, 1.165) is 11.8 Å². The van der Waals surface area contributed by atoms with E-state index in [2.05, 4.69) is 0 Å². The average Bonchev–Trinajstić information content (AvgIpc) is 2.56. The molecule has 4 fully saturated rings. The lowest BCUT2D eigenvalue weighted by atomic mass is 9.55. The molecule has 2 unspecified atom stereocenters. The lowest BCUT2D eigenvalue weighted by Gasteiger charge is -2.53. The van der Waals surface area contributed by atoms with Gasteiger partial charge in [-0.1, -0.05) is 13.8 Å². The third-order valence-corrected chi connectivity index (χ3v) is 7.02. The molecular weight excluding hydrogens is 304 g/mol. The van der Waals surface area contributed by atoms with Crippen molar-refractivity contribution in [1.29, 1.82) is 0 Å². The highest BCUT2D eigenvalue weighted by Gasteiger charge is 2.51. The lowest BCUT2D eigenvalue weighted by molar-refractivity contribution is -0.182. The molecule has 0 amide bonds. The van der Waals surface area contributed by atoms with Gasteiger partial charge in [0.15, 0.2) is 0 Å². The van der Waals surface area contributed by atoms with Gasteiger partial charge in [-0.15, -0.1) is 0 Å². The van der Waals surface area contributed by atoms with Crippen molar-refractivity contribution < 1.29 is 19.1 Å². The van der Waals surface area contributed by atoms with E-state index >= 15 is 0 Å². The van der Waals surface area contributed by atoms with Gasteiger partial charge in [0.05, 0.1) is 18.4 Å². The number of methoxy groups -OCH3 is 1. The Morgan fingerprint density at radius 3 is 2.08 bits per heavy atom. The summed E-state index contributed by atoms with van der Waals surface area (Å²) in [5, 5.41) is 0.